The van der Waals surface area contributed by atoms with Crippen molar-refractivity contribution in [1.82, 2.24) is 10.2 Å². The number of nitrogens with one attached hydrogen (secondary N) is 1. The molecule has 0 radical (unpaired) electrons. The van der Waals surface area contributed by atoms with Crippen molar-refractivity contribution < 1.29 is 9.13 Å². The van der Waals surface area contributed by atoms with E-state index in [1.165, 1.54) is 6.07 Å². The largest absolute Gasteiger partial charge is 0.374 e. The van der Waals surface area contributed by atoms with E-state index in [2.05, 4.69) is 10.2 Å². The third-order valence-corrected chi connectivity index (χ3v) is 2.95. The Bertz CT molecular complexity index is 357. The average molecular weight is 238 g/mol. The number of likely N-dealkylation sites (N-methyl/N-ethyl adjacent to an activating group) is 1. The Morgan fingerprint density at radius 1 is 1.53 bits per heavy atom. The molecule has 17 heavy (non-hydrogen) atoms. The van der Waals surface area contributed by atoms with E-state index in [0.717, 1.165) is 38.3 Å². The molecule has 1 N–H and O–H groups in total. The molecular weight excluding hydrogens is 219 g/mol. The summed E-state index contributed by atoms with van der Waals surface area (Å²) in [5, 5.41) is 3.12. The van der Waals surface area contributed by atoms with Gasteiger partial charge in [-0.05, 0) is 24.7 Å². The monoisotopic (exact) mass is 238 g/mol. The molecular formula is C13H19FN2O. The Labute approximate surface area is 102 Å². The molecule has 1 saturated heterocycles. The van der Waals surface area contributed by atoms with Crippen molar-refractivity contribution in [3.05, 3.63) is 35.6 Å². The summed E-state index contributed by atoms with van der Waals surface area (Å²) in [6.07, 6.45) is 0.238. The molecule has 3 nitrogen and oxygen atoms in total. The smallest absolute Gasteiger partial charge is 0.123 e. The van der Waals surface area contributed by atoms with Crippen LogP contribution in [-0.4, -0.2) is 44.3 Å². The van der Waals surface area contributed by atoms with Crippen LogP contribution in [0, 0.1) is 5.82 Å². The van der Waals surface area contributed by atoms with Gasteiger partial charge < -0.3 is 10.1 Å². The third kappa shape index (κ3) is 3.77. The number of hydrogen-bond acceptors (Lipinski definition) is 3. The van der Waals surface area contributed by atoms with Crippen LogP contribution in [0.25, 0.3) is 0 Å². The molecule has 4 heteroatoms. The van der Waals surface area contributed by atoms with Crippen molar-refractivity contribution >= 4 is 0 Å². The highest BCUT2D eigenvalue weighted by Gasteiger charge is 2.19. The first kappa shape index (κ1) is 12.5. The maximum atomic E-state index is 13.1. The molecule has 1 heterocycles. The van der Waals surface area contributed by atoms with Crippen LogP contribution >= 0.6 is 0 Å². The van der Waals surface area contributed by atoms with Gasteiger partial charge in [-0.15, -0.1) is 0 Å². The lowest BCUT2D eigenvalue weighted by Gasteiger charge is -2.32. The first-order chi connectivity index (χ1) is 8.28. The maximum absolute atomic E-state index is 13.1. The fraction of sp³-hybridized carbons (Fsp3) is 0.538. The molecule has 0 spiro atoms. The Kier molecular flexibility index (Phi) is 4.48. The summed E-state index contributed by atoms with van der Waals surface area (Å²) in [7, 11) is 1.93. The minimum Gasteiger partial charge on any atom is -0.374 e. The second-order valence-corrected chi connectivity index (χ2v) is 4.42. The minimum atomic E-state index is -0.164. The molecule has 0 saturated carbocycles. The quantitative estimate of drug-likeness (QED) is 0.854. The predicted molar refractivity (Wildman–Crippen MR) is 65.3 cm³/mol. The molecule has 94 valence electrons. The number of ether oxygens (including phenoxy) is 1. The Morgan fingerprint density at radius 2 is 2.41 bits per heavy atom. The topological polar surface area (TPSA) is 24.5 Å². The second kappa shape index (κ2) is 6.10. The van der Waals surface area contributed by atoms with E-state index in [9.17, 15) is 4.39 Å². The lowest BCUT2D eigenvalue weighted by atomic mass is 10.2. The molecule has 0 bridgehead atoms. The van der Waals surface area contributed by atoms with E-state index < -0.39 is 0 Å². The minimum absolute atomic E-state index is 0.164. The summed E-state index contributed by atoms with van der Waals surface area (Å²) >= 11 is 0. The Hall–Kier alpha value is -0.970. The predicted octanol–water partition coefficient (Wildman–Crippen LogP) is 1.25. The van der Waals surface area contributed by atoms with Crippen LogP contribution in [0.15, 0.2) is 24.3 Å². The van der Waals surface area contributed by atoms with E-state index >= 15 is 0 Å². The van der Waals surface area contributed by atoms with Gasteiger partial charge in [0.05, 0.1) is 12.7 Å². The zero-order valence-corrected chi connectivity index (χ0v) is 10.2. The van der Waals surface area contributed by atoms with Crippen LogP contribution in [0.4, 0.5) is 4.39 Å². The summed E-state index contributed by atoms with van der Waals surface area (Å²) in [6, 6.07) is 6.80. The van der Waals surface area contributed by atoms with E-state index in [1.807, 2.05) is 13.1 Å². The van der Waals surface area contributed by atoms with Crippen LogP contribution < -0.4 is 5.32 Å². The fourth-order valence-corrected chi connectivity index (χ4v) is 2.17. The zero-order chi connectivity index (χ0) is 12.1. The molecule has 1 aromatic rings. The molecule has 0 amide bonds. The molecule has 0 aliphatic carbocycles. The number of morpholine rings is 1. The van der Waals surface area contributed by atoms with Gasteiger partial charge >= 0.3 is 0 Å². The highest BCUT2D eigenvalue weighted by Crippen LogP contribution is 2.11. The van der Waals surface area contributed by atoms with Gasteiger partial charge in [-0.1, -0.05) is 12.1 Å². The van der Waals surface area contributed by atoms with Crippen molar-refractivity contribution in [2.45, 2.75) is 12.6 Å². The van der Waals surface area contributed by atoms with Crippen molar-refractivity contribution in [3.8, 4) is 0 Å². The second-order valence-electron chi connectivity index (χ2n) is 4.42. The highest BCUT2D eigenvalue weighted by atomic mass is 19.1. The maximum Gasteiger partial charge on any atom is 0.123 e. The number of hydrogen-bond donors (Lipinski definition) is 1. The standard InChI is InChI=1S/C13H19FN2O/c1-15-8-13-10-16(5-6-17-13)9-11-3-2-4-12(14)7-11/h2-4,7,13,15H,5-6,8-10H2,1H3. The lowest BCUT2D eigenvalue weighted by molar-refractivity contribution is -0.0291. The Balaban J connectivity index is 1.90. The molecule has 2 rings (SSSR count). The van der Waals surface area contributed by atoms with Crippen LogP contribution in [-0.2, 0) is 11.3 Å². The van der Waals surface area contributed by atoms with Crippen LogP contribution in [0.3, 0.4) is 0 Å². The Morgan fingerprint density at radius 3 is 3.18 bits per heavy atom. The number of halogens is 1. The molecule has 1 aromatic carbocycles. The molecule has 1 unspecified atom stereocenters. The van der Waals surface area contributed by atoms with Crippen molar-refractivity contribution in [1.29, 1.82) is 0 Å². The molecule has 1 aliphatic heterocycles. The molecule has 1 aliphatic rings. The SMILES string of the molecule is CNCC1CN(Cc2cccc(F)c2)CCO1. The van der Waals surface area contributed by atoms with Crippen molar-refractivity contribution in [3.63, 3.8) is 0 Å². The van der Waals surface area contributed by atoms with E-state index in [4.69, 9.17) is 4.74 Å². The van der Waals surface area contributed by atoms with Gasteiger partial charge in [0.25, 0.3) is 0 Å². The van der Waals surface area contributed by atoms with Gasteiger partial charge in [0.15, 0.2) is 0 Å². The lowest BCUT2D eigenvalue weighted by Crippen LogP contribution is -2.45. The average Bonchev–Trinajstić information content (AvgIpc) is 2.30. The number of rotatable bonds is 4. The van der Waals surface area contributed by atoms with Gasteiger partial charge in [-0.2, -0.15) is 0 Å². The number of nitrogens with zero attached hydrogens (tertiary/aromatic N) is 1. The summed E-state index contributed by atoms with van der Waals surface area (Å²) in [5.41, 5.74) is 1.02. The van der Waals surface area contributed by atoms with Crippen molar-refractivity contribution in [2.75, 3.05) is 33.3 Å². The summed E-state index contributed by atoms with van der Waals surface area (Å²) in [6.45, 7) is 4.22. The third-order valence-electron chi connectivity index (χ3n) is 2.95. The van der Waals surface area contributed by atoms with Gasteiger partial charge in [-0.25, -0.2) is 4.39 Å². The van der Waals surface area contributed by atoms with Crippen molar-refractivity contribution in [2.24, 2.45) is 0 Å². The van der Waals surface area contributed by atoms with E-state index in [1.54, 1.807) is 12.1 Å². The summed E-state index contributed by atoms with van der Waals surface area (Å²) in [4.78, 5) is 2.31. The van der Waals surface area contributed by atoms with Crippen LogP contribution in [0.2, 0.25) is 0 Å². The highest BCUT2D eigenvalue weighted by molar-refractivity contribution is 5.16. The fourth-order valence-electron chi connectivity index (χ4n) is 2.17. The van der Waals surface area contributed by atoms with Crippen LogP contribution in [0.5, 0.6) is 0 Å². The number of benzene rings is 1. The molecule has 0 aromatic heterocycles. The molecule has 1 fully saturated rings. The first-order valence-electron chi connectivity index (χ1n) is 6.01. The van der Waals surface area contributed by atoms with Gasteiger partial charge in [0, 0.05) is 26.2 Å². The zero-order valence-electron chi connectivity index (χ0n) is 10.2. The van der Waals surface area contributed by atoms with Gasteiger partial charge in [0.2, 0.25) is 0 Å². The summed E-state index contributed by atoms with van der Waals surface area (Å²) in [5.74, 6) is -0.164. The normalized spacial score (nSPS) is 21.6. The molecule has 1 atom stereocenters. The van der Waals surface area contributed by atoms with Crippen LogP contribution in [0.1, 0.15) is 5.56 Å². The van der Waals surface area contributed by atoms with E-state index in [-0.39, 0.29) is 11.9 Å². The summed E-state index contributed by atoms with van der Waals surface area (Å²) < 4.78 is 18.7. The van der Waals surface area contributed by atoms with Gasteiger partial charge in [0.1, 0.15) is 5.82 Å². The van der Waals surface area contributed by atoms with E-state index in [0.29, 0.717) is 0 Å². The van der Waals surface area contributed by atoms with Gasteiger partial charge in [-0.3, -0.25) is 4.90 Å². The first-order valence-corrected chi connectivity index (χ1v) is 6.01.